The number of hydrogen-bond acceptors (Lipinski definition) is 3. The molecular formula is C23H35N3O3. The van der Waals surface area contributed by atoms with Crippen LogP contribution in [0.4, 0.5) is 0 Å². The number of rotatable bonds is 5. The van der Waals surface area contributed by atoms with E-state index in [4.69, 9.17) is 0 Å². The zero-order valence-electron chi connectivity index (χ0n) is 17.5. The maximum absolute atomic E-state index is 12.8. The van der Waals surface area contributed by atoms with Crippen LogP contribution in [0.3, 0.4) is 0 Å². The standard InChI is InChI=1S/C23H35N3O3/c27-19(9-10-24-22(28)20-15-5-1-2-6-16(15)20)25-11-13-26(14-12-25)23(29)21-17-7-3-4-8-18(17)21/h15-18,20-21H,1-14H2,(H,24,28)/t15-,16-,17-,18+,21?/m1/s1. The van der Waals surface area contributed by atoms with E-state index in [2.05, 4.69) is 5.32 Å². The molecule has 5 aliphatic rings. The van der Waals surface area contributed by atoms with Crippen molar-refractivity contribution in [3.8, 4) is 0 Å². The van der Waals surface area contributed by atoms with E-state index in [1.165, 1.54) is 51.4 Å². The maximum atomic E-state index is 12.8. The fourth-order valence-corrected chi connectivity index (χ4v) is 6.70. The Hall–Kier alpha value is -1.59. The van der Waals surface area contributed by atoms with Gasteiger partial charge in [-0.2, -0.15) is 0 Å². The Bertz CT molecular complexity index is 648. The third kappa shape index (κ3) is 3.79. The minimum Gasteiger partial charge on any atom is -0.355 e. The van der Waals surface area contributed by atoms with Gasteiger partial charge in [-0.05, 0) is 49.4 Å². The molecule has 3 amide bonds. The quantitative estimate of drug-likeness (QED) is 0.766. The number of hydrogen-bond donors (Lipinski definition) is 1. The van der Waals surface area contributed by atoms with E-state index in [9.17, 15) is 14.4 Å². The van der Waals surface area contributed by atoms with Gasteiger partial charge in [0.2, 0.25) is 17.7 Å². The zero-order valence-corrected chi connectivity index (χ0v) is 17.5. The van der Waals surface area contributed by atoms with Gasteiger partial charge in [-0.3, -0.25) is 14.4 Å². The first kappa shape index (κ1) is 19.4. The lowest BCUT2D eigenvalue weighted by molar-refractivity contribution is -0.140. The first-order chi connectivity index (χ1) is 14.1. The van der Waals surface area contributed by atoms with Crippen LogP contribution in [0.15, 0.2) is 0 Å². The summed E-state index contributed by atoms with van der Waals surface area (Å²) in [6.07, 6.45) is 10.3. The van der Waals surface area contributed by atoms with Crippen molar-refractivity contribution < 1.29 is 14.4 Å². The molecule has 160 valence electrons. The first-order valence-corrected chi connectivity index (χ1v) is 12.0. The van der Waals surface area contributed by atoms with Crippen molar-refractivity contribution in [3.05, 3.63) is 0 Å². The number of piperazine rings is 1. The molecule has 5 rings (SSSR count). The van der Waals surface area contributed by atoms with E-state index in [1.807, 2.05) is 9.80 Å². The second-order valence-electron chi connectivity index (χ2n) is 10.0. The minimum atomic E-state index is 0.103. The monoisotopic (exact) mass is 401 g/mol. The molecule has 5 atom stereocenters. The molecule has 0 aromatic rings. The van der Waals surface area contributed by atoms with Gasteiger partial charge < -0.3 is 15.1 Å². The summed E-state index contributed by atoms with van der Waals surface area (Å²) in [5.41, 5.74) is 0. The lowest BCUT2D eigenvalue weighted by Gasteiger charge is -2.35. The van der Waals surface area contributed by atoms with Crippen LogP contribution in [0.25, 0.3) is 0 Å². The van der Waals surface area contributed by atoms with E-state index in [1.54, 1.807) is 0 Å². The fourth-order valence-electron chi connectivity index (χ4n) is 6.70. The summed E-state index contributed by atoms with van der Waals surface area (Å²) in [5, 5.41) is 3.00. The molecule has 1 aliphatic heterocycles. The Morgan fingerprint density at radius 1 is 0.690 bits per heavy atom. The molecule has 0 bridgehead atoms. The number of amides is 3. The molecule has 1 heterocycles. The van der Waals surface area contributed by atoms with Crippen molar-refractivity contribution in [3.63, 3.8) is 0 Å². The van der Waals surface area contributed by atoms with Crippen LogP contribution in [0.1, 0.15) is 57.8 Å². The van der Waals surface area contributed by atoms with Gasteiger partial charge in [-0.1, -0.05) is 25.7 Å². The smallest absolute Gasteiger partial charge is 0.226 e. The van der Waals surface area contributed by atoms with E-state index < -0.39 is 0 Å². The summed E-state index contributed by atoms with van der Waals surface area (Å²) in [6.45, 7) is 3.04. The van der Waals surface area contributed by atoms with Gasteiger partial charge in [0.1, 0.15) is 0 Å². The Kier molecular flexibility index (Phi) is 5.29. The summed E-state index contributed by atoms with van der Waals surface area (Å²) >= 11 is 0. The number of carbonyl (C=O) groups excluding carboxylic acids is 3. The normalized spacial score (nSPS) is 37.9. The Morgan fingerprint density at radius 2 is 1.17 bits per heavy atom. The summed E-state index contributed by atoms with van der Waals surface area (Å²) in [7, 11) is 0. The molecule has 6 heteroatoms. The van der Waals surface area contributed by atoms with Crippen LogP contribution in [0.2, 0.25) is 0 Å². The van der Waals surface area contributed by atoms with Crippen molar-refractivity contribution in [2.24, 2.45) is 35.5 Å². The molecule has 5 fully saturated rings. The number of nitrogens with zero attached hydrogens (tertiary/aromatic N) is 2. The molecule has 6 nitrogen and oxygen atoms in total. The van der Waals surface area contributed by atoms with Crippen molar-refractivity contribution in [1.29, 1.82) is 0 Å². The topological polar surface area (TPSA) is 69.7 Å². The second-order valence-corrected chi connectivity index (χ2v) is 10.0. The van der Waals surface area contributed by atoms with Gasteiger partial charge in [-0.25, -0.2) is 0 Å². The predicted octanol–water partition coefficient (Wildman–Crippen LogP) is 2.04. The third-order valence-electron chi connectivity index (χ3n) is 8.48. The van der Waals surface area contributed by atoms with Crippen molar-refractivity contribution in [1.82, 2.24) is 15.1 Å². The highest BCUT2D eigenvalue weighted by Gasteiger charge is 2.56. The van der Waals surface area contributed by atoms with E-state index in [0.29, 0.717) is 68.7 Å². The zero-order chi connectivity index (χ0) is 20.0. The van der Waals surface area contributed by atoms with Gasteiger partial charge in [0.05, 0.1) is 0 Å². The lowest BCUT2D eigenvalue weighted by Crippen LogP contribution is -2.51. The Balaban J connectivity index is 1.00. The average Bonchev–Trinajstić information content (AvgIpc) is 3.65. The van der Waals surface area contributed by atoms with Crippen LogP contribution < -0.4 is 5.32 Å². The number of fused-ring (bicyclic) bond motifs is 2. The molecule has 0 aromatic carbocycles. The van der Waals surface area contributed by atoms with Crippen LogP contribution >= 0.6 is 0 Å². The van der Waals surface area contributed by atoms with Crippen molar-refractivity contribution in [2.75, 3.05) is 32.7 Å². The van der Waals surface area contributed by atoms with E-state index in [0.717, 1.165) is 0 Å². The van der Waals surface area contributed by atoms with Crippen LogP contribution in [-0.2, 0) is 14.4 Å². The molecule has 0 aromatic heterocycles. The van der Waals surface area contributed by atoms with Crippen LogP contribution in [-0.4, -0.2) is 60.2 Å². The molecule has 0 radical (unpaired) electrons. The lowest BCUT2D eigenvalue weighted by atomic mass is 10.0. The maximum Gasteiger partial charge on any atom is 0.226 e. The summed E-state index contributed by atoms with van der Waals surface area (Å²) in [5.74, 6) is 3.62. The van der Waals surface area contributed by atoms with Gasteiger partial charge in [0.15, 0.2) is 0 Å². The molecule has 1 unspecified atom stereocenters. The summed E-state index contributed by atoms with van der Waals surface area (Å²) in [6, 6.07) is 0. The SMILES string of the molecule is O=C(NCCC(=O)N1CCN(C(=O)C2[C@H]3CCCC[C@@H]23)CC1)C1[C@@H]2CCCC[C@@H]12. The molecule has 1 saturated heterocycles. The van der Waals surface area contributed by atoms with Crippen molar-refractivity contribution in [2.45, 2.75) is 57.8 Å². The van der Waals surface area contributed by atoms with E-state index >= 15 is 0 Å². The number of nitrogens with one attached hydrogen (secondary N) is 1. The largest absolute Gasteiger partial charge is 0.355 e. The molecule has 29 heavy (non-hydrogen) atoms. The van der Waals surface area contributed by atoms with E-state index in [-0.39, 0.29) is 23.7 Å². The van der Waals surface area contributed by atoms with Crippen LogP contribution in [0, 0.1) is 35.5 Å². The third-order valence-corrected chi connectivity index (χ3v) is 8.48. The summed E-state index contributed by atoms with van der Waals surface area (Å²) < 4.78 is 0. The molecule has 0 spiro atoms. The highest BCUT2D eigenvalue weighted by atomic mass is 16.2. The van der Waals surface area contributed by atoms with Gasteiger partial charge in [0.25, 0.3) is 0 Å². The highest BCUT2D eigenvalue weighted by Crippen LogP contribution is 2.56. The second kappa shape index (κ2) is 7.92. The minimum absolute atomic E-state index is 0.103. The average molecular weight is 402 g/mol. The van der Waals surface area contributed by atoms with Gasteiger partial charge >= 0.3 is 0 Å². The molecule has 4 saturated carbocycles. The molecule has 4 aliphatic carbocycles. The van der Waals surface area contributed by atoms with Crippen molar-refractivity contribution >= 4 is 17.7 Å². The van der Waals surface area contributed by atoms with Crippen LogP contribution in [0.5, 0.6) is 0 Å². The summed E-state index contributed by atoms with van der Waals surface area (Å²) in [4.78, 5) is 41.5. The Morgan fingerprint density at radius 3 is 1.72 bits per heavy atom. The fraction of sp³-hybridized carbons (Fsp3) is 0.870. The highest BCUT2D eigenvalue weighted by molar-refractivity contribution is 5.84. The number of carbonyl (C=O) groups is 3. The predicted molar refractivity (Wildman–Crippen MR) is 109 cm³/mol. The first-order valence-electron chi connectivity index (χ1n) is 12.0. The van der Waals surface area contributed by atoms with Gasteiger partial charge in [-0.15, -0.1) is 0 Å². The Labute approximate surface area is 173 Å². The molecule has 1 N–H and O–H groups in total. The molecular weight excluding hydrogens is 366 g/mol. The van der Waals surface area contributed by atoms with Gasteiger partial charge in [0, 0.05) is 51.0 Å².